The predicted molar refractivity (Wildman–Crippen MR) is 92.5 cm³/mol. The molecule has 2 atom stereocenters. The summed E-state index contributed by atoms with van der Waals surface area (Å²) in [6.07, 6.45) is 0.0156. The first-order chi connectivity index (χ1) is 8.31. The lowest BCUT2D eigenvalue weighted by Gasteiger charge is -2.62. The van der Waals surface area contributed by atoms with E-state index in [-0.39, 0.29) is 12.3 Å². The first-order valence-electron chi connectivity index (χ1n) is 7.28. The molecule has 0 radical (unpaired) electrons. The molecule has 0 spiro atoms. The highest BCUT2D eigenvalue weighted by Gasteiger charge is 2.66. The van der Waals surface area contributed by atoms with Gasteiger partial charge in [-0.1, -0.05) is 39.3 Å². The lowest BCUT2D eigenvalue weighted by molar-refractivity contribution is 0.0654. The smallest absolute Gasteiger partial charge is 0.170 e. The standard InChI is InChI=1S/C12H32O3Si4/c1-16(2)12(9-11(14)10-13)15-17(3,4)19(7,8)18(16,5)6/h11-14H,9-10H2,1-8H3. The van der Waals surface area contributed by atoms with Crippen LogP contribution in [0, 0.1) is 0 Å². The van der Waals surface area contributed by atoms with Gasteiger partial charge in [0.25, 0.3) is 0 Å². The molecular weight excluding hydrogens is 304 g/mol. The quantitative estimate of drug-likeness (QED) is 0.777. The topological polar surface area (TPSA) is 49.7 Å². The zero-order chi connectivity index (χ0) is 15.3. The Hall–Kier alpha value is 0.748. The van der Waals surface area contributed by atoms with Gasteiger partial charge in [-0.15, -0.1) is 0 Å². The Balaban J connectivity index is 3.18. The minimum absolute atomic E-state index is 0.144. The molecule has 19 heavy (non-hydrogen) atoms. The van der Waals surface area contributed by atoms with Crippen molar-refractivity contribution in [3.63, 3.8) is 0 Å². The molecule has 0 saturated carbocycles. The Morgan fingerprint density at radius 1 is 0.947 bits per heavy atom. The lowest BCUT2D eigenvalue weighted by atomic mass is 10.3. The Kier molecular flexibility index (Phi) is 4.86. The van der Waals surface area contributed by atoms with E-state index in [4.69, 9.17) is 9.53 Å². The average molecular weight is 337 g/mol. The Morgan fingerprint density at radius 2 is 1.42 bits per heavy atom. The van der Waals surface area contributed by atoms with E-state index in [9.17, 15) is 5.11 Å². The molecule has 114 valence electrons. The molecular formula is C12H32O3Si4. The van der Waals surface area contributed by atoms with Gasteiger partial charge in [-0.2, -0.15) is 0 Å². The van der Waals surface area contributed by atoms with Crippen LogP contribution in [0.4, 0.5) is 0 Å². The van der Waals surface area contributed by atoms with Crippen molar-refractivity contribution in [2.45, 2.75) is 70.6 Å². The van der Waals surface area contributed by atoms with Crippen molar-refractivity contribution in [1.82, 2.24) is 0 Å². The Morgan fingerprint density at radius 3 is 1.84 bits per heavy atom. The Bertz CT molecular complexity index is 342. The van der Waals surface area contributed by atoms with Crippen LogP contribution in [0.5, 0.6) is 0 Å². The second-order valence-corrected chi connectivity index (χ2v) is 47.5. The fraction of sp³-hybridized carbons (Fsp3) is 1.00. The molecule has 2 unspecified atom stereocenters. The summed E-state index contributed by atoms with van der Waals surface area (Å²) in [7, 11) is -5.76. The molecule has 0 aromatic rings. The Labute approximate surface area is 121 Å². The fourth-order valence-corrected chi connectivity index (χ4v) is 72.4. The van der Waals surface area contributed by atoms with Crippen molar-refractivity contribution >= 4 is 29.6 Å². The zero-order valence-corrected chi connectivity index (χ0v) is 17.9. The van der Waals surface area contributed by atoms with Gasteiger partial charge in [-0.05, 0) is 19.5 Å². The number of rotatable bonds is 3. The molecule has 1 saturated heterocycles. The summed E-state index contributed by atoms with van der Waals surface area (Å²) < 4.78 is 6.64. The van der Waals surface area contributed by atoms with Crippen LogP contribution in [-0.4, -0.2) is 58.3 Å². The molecule has 1 fully saturated rings. The van der Waals surface area contributed by atoms with Crippen molar-refractivity contribution < 1.29 is 14.6 Å². The third-order valence-corrected chi connectivity index (χ3v) is 73.2. The highest BCUT2D eigenvalue weighted by Crippen LogP contribution is 2.44. The van der Waals surface area contributed by atoms with Crippen molar-refractivity contribution in [2.75, 3.05) is 6.61 Å². The van der Waals surface area contributed by atoms with E-state index < -0.39 is 35.7 Å². The van der Waals surface area contributed by atoms with Crippen LogP contribution in [0.1, 0.15) is 6.42 Å². The highest BCUT2D eigenvalue weighted by molar-refractivity contribution is 7.83. The van der Waals surface area contributed by atoms with Gasteiger partial charge in [0.15, 0.2) is 7.83 Å². The molecule has 7 heteroatoms. The molecule has 0 aliphatic carbocycles. The van der Waals surface area contributed by atoms with Crippen LogP contribution < -0.4 is 0 Å². The van der Waals surface area contributed by atoms with Crippen LogP contribution in [0.15, 0.2) is 0 Å². The normalized spacial score (nSPS) is 32.8. The third kappa shape index (κ3) is 2.63. The maximum atomic E-state index is 9.85. The van der Waals surface area contributed by atoms with Crippen molar-refractivity contribution in [3.05, 3.63) is 0 Å². The molecule has 0 bridgehead atoms. The van der Waals surface area contributed by atoms with E-state index in [1.807, 2.05) is 0 Å². The minimum Gasteiger partial charge on any atom is -0.421 e. The van der Waals surface area contributed by atoms with E-state index in [0.29, 0.717) is 6.42 Å². The maximum absolute atomic E-state index is 9.85. The largest absolute Gasteiger partial charge is 0.421 e. The molecule has 1 aliphatic heterocycles. The predicted octanol–water partition coefficient (Wildman–Crippen LogP) is 2.23. The van der Waals surface area contributed by atoms with Crippen LogP contribution in [-0.2, 0) is 4.43 Å². The molecule has 1 heterocycles. The second kappa shape index (κ2) is 5.18. The van der Waals surface area contributed by atoms with E-state index in [0.717, 1.165) is 0 Å². The van der Waals surface area contributed by atoms with Gasteiger partial charge in [0.2, 0.25) is 0 Å². The summed E-state index contributed by atoms with van der Waals surface area (Å²) in [4.78, 5) is 0. The van der Waals surface area contributed by atoms with E-state index in [1.165, 1.54) is 0 Å². The number of hydrogen-bond donors (Lipinski definition) is 2. The van der Waals surface area contributed by atoms with Gasteiger partial charge in [0.1, 0.15) is 0 Å². The van der Waals surface area contributed by atoms with Gasteiger partial charge in [0.05, 0.1) is 27.4 Å². The number of hydrogen-bond acceptors (Lipinski definition) is 3. The first kappa shape index (κ1) is 17.8. The molecule has 3 nitrogen and oxygen atoms in total. The molecule has 2 N–H and O–H groups in total. The van der Waals surface area contributed by atoms with Crippen LogP contribution in [0.25, 0.3) is 0 Å². The molecule has 0 aromatic heterocycles. The SMILES string of the molecule is C[Si]1(C)OC(CC(O)CO)[Si](C)(C)[Si](C)(C)[Si]1(C)C. The van der Waals surface area contributed by atoms with Crippen molar-refractivity contribution in [1.29, 1.82) is 0 Å². The summed E-state index contributed by atoms with van der Waals surface area (Å²) in [6, 6.07) is 0. The monoisotopic (exact) mass is 336 g/mol. The number of aliphatic hydroxyl groups is 2. The van der Waals surface area contributed by atoms with Crippen LogP contribution in [0.3, 0.4) is 0 Å². The molecule has 0 amide bonds. The van der Waals surface area contributed by atoms with E-state index >= 15 is 0 Å². The maximum Gasteiger partial charge on any atom is 0.170 e. The summed E-state index contributed by atoms with van der Waals surface area (Å²) in [6.45, 7) is 19.8. The molecule has 0 aromatic carbocycles. The third-order valence-electron chi connectivity index (χ3n) is 6.62. The van der Waals surface area contributed by atoms with Crippen LogP contribution >= 0.6 is 0 Å². The summed E-state index contributed by atoms with van der Waals surface area (Å²) in [5.41, 5.74) is 0.235. The van der Waals surface area contributed by atoms with E-state index in [2.05, 4.69) is 52.4 Å². The van der Waals surface area contributed by atoms with Gasteiger partial charge >= 0.3 is 0 Å². The van der Waals surface area contributed by atoms with Crippen molar-refractivity contribution in [2.24, 2.45) is 0 Å². The van der Waals surface area contributed by atoms with Crippen LogP contribution in [0.2, 0.25) is 52.4 Å². The lowest BCUT2D eigenvalue weighted by Crippen LogP contribution is -2.87. The van der Waals surface area contributed by atoms with Crippen molar-refractivity contribution in [3.8, 4) is 0 Å². The second-order valence-electron chi connectivity index (χ2n) is 8.16. The zero-order valence-electron chi connectivity index (χ0n) is 13.9. The summed E-state index contributed by atoms with van der Waals surface area (Å²) in [5.74, 6) is 0. The average Bonchev–Trinajstić information content (AvgIpc) is 2.25. The molecule has 1 rings (SSSR count). The van der Waals surface area contributed by atoms with E-state index in [1.54, 1.807) is 0 Å². The van der Waals surface area contributed by atoms with Gasteiger partial charge in [0, 0.05) is 12.8 Å². The van der Waals surface area contributed by atoms with Gasteiger partial charge < -0.3 is 14.6 Å². The van der Waals surface area contributed by atoms with Gasteiger partial charge in [-0.3, -0.25) is 0 Å². The fourth-order valence-electron chi connectivity index (χ4n) is 3.28. The minimum atomic E-state index is -1.64. The first-order valence-corrected chi connectivity index (χ1v) is 22.3. The summed E-state index contributed by atoms with van der Waals surface area (Å²) >= 11 is 0. The molecule has 1 aliphatic rings. The summed E-state index contributed by atoms with van der Waals surface area (Å²) in [5, 5.41) is 19.0. The highest BCUT2D eigenvalue weighted by atomic mass is 29.8. The van der Waals surface area contributed by atoms with Gasteiger partial charge in [-0.25, -0.2) is 0 Å². The number of aliphatic hydroxyl groups excluding tert-OH is 2.